The highest BCUT2D eigenvalue weighted by atomic mass is 31.2. The van der Waals surface area contributed by atoms with E-state index in [0.717, 1.165) is 10.9 Å². The molecule has 1 aliphatic heterocycles. The van der Waals surface area contributed by atoms with E-state index < -0.39 is 44.5 Å². The van der Waals surface area contributed by atoms with Gasteiger partial charge in [0.15, 0.2) is 17.4 Å². The first kappa shape index (κ1) is 22.1. The maximum Gasteiger partial charge on any atom is 0.280 e. The lowest BCUT2D eigenvalue weighted by atomic mass is 10.1. The number of nitrogens with zero attached hydrogens (tertiary/aromatic N) is 3. The third kappa shape index (κ3) is 4.07. The second-order valence-corrected chi connectivity index (χ2v) is 6.22. The summed E-state index contributed by atoms with van der Waals surface area (Å²) in [7, 11) is -5.26. The molecule has 16 heteroatoms. The highest BCUT2D eigenvalue weighted by molar-refractivity contribution is 7.43. The Morgan fingerprint density at radius 1 is 1.38 bits per heavy atom. The third-order valence-electron chi connectivity index (χ3n) is 3.46. The SMILES string of the molecule is Nc1nc2c(n[14cH]n2C2OC(COP(=O)([O-])[O-])C(O)C2O)c(=O)[nH]1.[NH4+].[NH4+]. The fourth-order valence-electron chi connectivity index (χ4n) is 2.39. The Balaban J connectivity index is 0.00000169. The molecule has 13 N–H and O–H groups in total. The molecule has 0 amide bonds. The van der Waals surface area contributed by atoms with Crippen molar-refractivity contribution in [2.45, 2.75) is 24.5 Å². The normalized spacial score (nSPS) is 25.7. The Kier molecular flexibility index (Phi) is 6.59. The number of phosphoric ester groups is 1. The summed E-state index contributed by atoms with van der Waals surface area (Å²) in [6.07, 6.45) is -4.46. The summed E-state index contributed by atoms with van der Waals surface area (Å²) in [4.78, 5) is 42.7. The highest BCUT2D eigenvalue weighted by Crippen LogP contribution is 2.33. The summed E-state index contributed by atoms with van der Waals surface area (Å²) in [6.45, 7) is -0.776. The predicted molar refractivity (Wildman–Crippen MR) is 84.0 cm³/mol. The van der Waals surface area contributed by atoms with Crippen molar-refractivity contribution < 1.29 is 33.8 Å². The molecule has 0 spiro atoms. The van der Waals surface area contributed by atoms with Crippen LogP contribution in [0.15, 0.2) is 11.1 Å². The molecule has 3 rings (SSSR count). The van der Waals surface area contributed by atoms with Gasteiger partial charge in [-0.15, -0.1) is 0 Å². The number of fused-ring (bicyclic) bond motifs is 1. The van der Waals surface area contributed by atoms with Crippen LogP contribution in [0.25, 0.3) is 11.2 Å². The maximum atomic E-state index is 11.7. The Morgan fingerprint density at radius 3 is 2.65 bits per heavy atom. The molecular formula is C10H20N7O8P. The molecule has 0 aliphatic carbocycles. The second-order valence-electron chi connectivity index (χ2n) is 5.06. The number of rotatable bonds is 4. The molecule has 148 valence electrons. The number of phosphoric acid groups is 1. The number of imidazole rings is 1. The minimum Gasteiger partial charge on any atom is -0.790 e. The Morgan fingerprint density at radius 2 is 2.04 bits per heavy atom. The number of aromatic nitrogens is 4. The van der Waals surface area contributed by atoms with E-state index in [2.05, 4.69) is 19.5 Å². The molecule has 1 saturated heterocycles. The molecule has 4 unspecified atom stereocenters. The van der Waals surface area contributed by atoms with Gasteiger partial charge in [0, 0.05) is 0 Å². The van der Waals surface area contributed by atoms with Crippen LogP contribution in [-0.2, 0) is 13.8 Å². The quantitative estimate of drug-likeness (QED) is 0.280. The average Bonchev–Trinajstić information content (AvgIpc) is 3.00. The molecule has 2 aromatic heterocycles. The van der Waals surface area contributed by atoms with Crippen molar-refractivity contribution in [3.05, 3.63) is 16.7 Å². The highest BCUT2D eigenvalue weighted by Gasteiger charge is 2.44. The number of ether oxygens (including phenoxy) is 1. The molecule has 0 aromatic carbocycles. The van der Waals surface area contributed by atoms with E-state index in [9.17, 15) is 29.4 Å². The van der Waals surface area contributed by atoms with Crippen LogP contribution in [0.2, 0.25) is 0 Å². The number of quaternary nitrogens is 2. The summed E-state index contributed by atoms with van der Waals surface area (Å²) < 4.78 is 21.0. The standard InChI is InChI=1S/C10H14N5O8P.2H3N/c11-10-13-7-4(8(18)14-10)12-2-15(7)9-6(17)5(16)3(23-9)1-22-24(19,20)21;;/h2-3,5-6,9,16-17H,1H2,(H2,19,20,21)(H3,11,13,14,18);2*1H3/i2+2;;. The van der Waals surface area contributed by atoms with Crippen LogP contribution in [0, 0.1) is 0 Å². The molecule has 4 atom stereocenters. The Labute approximate surface area is 145 Å². The van der Waals surface area contributed by atoms with E-state index in [1.807, 2.05) is 0 Å². The van der Waals surface area contributed by atoms with Gasteiger partial charge in [0.1, 0.15) is 18.3 Å². The van der Waals surface area contributed by atoms with Crippen molar-refractivity contribution in [3.63, 3.8) is 0 Å². The van der Waals surface area contributed by atoms with Crippen LogP contribution in [0.4, 0.5) is 5.95 Å². The van der Waals surface area contributed by atoms with Crippen LogP contribution in [-0.4, -0.2) is 54.7 Å². The average molecular weight is 399 g/mol. The lowest BCUT2D eigenvalue weighted by molar-refractivity contribution is -0.343. The molecule has 0 saturated carbocycles. The van der Waals surface area contributed by atoms with Gasteiger partial charge in [-0.1, -0.05) is 0 Å². The zero-order valence-corrected chi connectivity index (χ0v) is 14.7. The largest absolute Gasteiger partial charge is 0.790 e. The van der Waals surface area contributed by atoms with Gasteiger partial charge >= 0.3 is 0 Å². The number of hydrogen-bond donors (Lipinski definition) is 6. The molecule has 0 bridgehead atoms. The number of anilines is 1. The summed E-state index contributed by atoms with van der Waals surface area (Å²) in [6, 6.07) is 0. The zero-order valence-electron chi connectivity index (χ0n) is 13.8. The van der Waals surface area contributed by atoms with Gasteiger partial charge in [-0.2, -0.15) is 4.98 Å². The molecule has 0 radical (unpaired) electrons. The number of aromatic amines is 1. The van der Waals surface area contributed by atoms with Crippen molar-refractivity contribution >= 4 is 24.9 Å². The summed E-state index contributed by atoms with van der Waals surface area (Å²) in [5.74, 6) is -0.194. The van der Waals surface area contributed by atoms with Crippen molar-refractivity contribution in [1.82, 2.24) is 31.8 Å². The molecule has 2 aromatic rings. The molecule has 3 heterocycles. The molecule has 26 heavy (non-hydrogen) atoms. The first-order valence-corrected chi connectivity index (χ1v) is 8.04. The van der Waals surface area contributed by atoms with Crippen molar-refractivity contribution in [2.24, 2.45) is 0 Å². The van der Waals surface area contributed by atoms with Gasteiger partial charge in [-0.3, -0.25) is 14.3 Å². The van der Waals surface area contributed by atoms with Crippen LogP contribution in [0.1, 0.15) is 6.23 Å². The second kappa shape index (κ2) is 7.75. The van der Waals surface area contributed by atoms with Gasteiger partial charge in [0.2, 0.25) is 5.95 Å². The molecule has 1 aliphatic rings. The van der Waals surface area contributed by atoms with Crippen molar-refractivity contribution in [3.8, 4) is 0 Å². The Hall–Kier alpha value is -1.94. The van der Waals surface area contributed by atoms with Gasteiger partial charge in [-0.25, -0.2) is 4.98 Å². The van der Waals surface area contributed by atoms with Crippen LogP contribution < -0.4 is 33.4 Å². The molecular weight excluding hydrogens is 379 g/mol. The summed E-state index contributed by atoms with van der Waals surface area (Å²) in [5, 5.41) is 20.0. The summed E-state index contributed by atoms with van der Waals surface area (Å²) >= 11 is 0. The number of nitrogen functional groups attached to an aromatic ring is 1. The van der Waals surface area contributed by atoms with E-state index in [1.165, 1.54) is 0 Å². The first-order chi connectivity index (χ1) is 11.2. The van der Waals surface area contributed by atoms with Gasteiger partial charge in [0.25, 0.3) is 5.56 Å². The third-order valence-corrected chi connectivity index (χ3v) is 3.92. The van der Waals surface area contributed by atoms with Crippen molar-refractivity contribution in [2.75, 3.05) is 12.3 Å². The first-order valence-electron chi connectivity index (χ1n) is 6.58. The number of nitrogens with one attached hydrogen (secondary N) is 1. The number of hydrogen-bond acceptors (Lipinski definition) is 11. The van der Waals surface area contributed by atoms with Crippen molar-refractivity contribution in [1.29, 1.82) is 0 Å². The van der Waals surface area contributed by atoms with Gasteiger partial charge in [-0.05, 0) is 0 Å². The predicted octanol–water partition coefficient (Wildman–Crippen LogP) is -3.08. The number of aliphatic hydroxyl groups excluding tert-OH is 2. The topological polar surface area (TPSA) is 285 Å². The molecule has 1 fully saturated rings. The Bertz CT molecular complexity index is 865. The number of nitrogens with two attached hydrogens (primary N) is 1. The zero-order chi connectivity index (χ0) is 17.6. The smallest absolute Gasteiger partial charge is 0.280 e. The van der Waals surface area contributed by atoms with E-state index in [1.54, 1.807) is 0 Å². The van der Waals surface area contributed by atoms with E-state index >= 15 is 0 Å². The van der Waals surface area contributed by atoms with E-state index in [4.69, 9.17) is 10.5 Å². The van der Waals surface area contributed by atoms with Crippen LogP contribution in [0.3, 0.4) is 0 Å². The minimum absolute atomic E-state index is 0. The molecule has 15 nitrogen and oxygen atoms in total. The van der Waals surface area contributed by atoms with E-state index in [-0.39, 0.29) is 29.4 Å². The monoisotopic (exact) mass is 399 g/mol. The van der Waals surface area contributed by atoms with E-state index in [0.29, 0.717) is 0 Å². The van der Waals surface area contributed by atoms with Crippen LogP contribution >= 0.6 is 7.82 Å². The summed E-state index contributed by atoms with van der Waals surface area (Å²) in [5.41, 5.74) is 4.77. The van der Waals surface area contributed by atoms with Crippen LogP contribution in [0.5, 0.6) is 0 Å². The van der Waals surface area contributed by atoms with Gasteiger partial charge in [0.05, 0.1) is 20.8 Å². The van der Waals surface area contributed by atoms with Gasteiger partial charge < -0.3 is 51.9 Å². The number of H-pyrrole nitrogens is 1. The lowest BCUT2D eigenvalue weighted by Crippen LogP contribution is -2.34. The maximum absolute atomic E-state index is 11.7. The number of aliphatic hydroxyl groups is 2. The fourth-order valence-corrected chi connectivity index (χ4v) is 2.72. The lowest BCUT2D eigenvalue weighted by Gasteiger charge is -2.30. The minimum atomic E-state index is -5.26. The fraction of sp³-hybridized carbons (Fsp3) is 0.500.